The first kappa shape index (κ1) is 11.9. The first-order valence-electron chi connectivity index (χ1n) is 5.52. The third kappa shape index (κ3) is 2.74. The van der Waals surface area contributed by atoms with E-state index in [1.807, 2.05) is 37.4 Å². The van der Waals surface area contributed by atoms with Crippen LogP contribution in [0.1, 0.15) is 22.2 Å². The van der Waals surface area contributed by atoms with E-state index in [1.54, 1.807) is 18.3 Å². The molecular formula is C14H15NOS. The van der Waals surface area contributed by atoms with Crippen LogP contribution in [0.2, 0.25) is 0 Å². The van der Waals surface area contributed by atoms with E-state index in [0.29, 0.717) is 0 Å². The number of hydrogen-bond acceptors (Lipinski definition) is 3. The number of hydrogen-bond donors (Lipinski definition) is 0. The van der Waals surface area contributed by atoms with Gasteiger partial charge in [-0.3, -0.25) is 4.79 Å². The standard InChI is InChI=1S/C14H15NOS/c1-11(16)13-7-3-4-8-14(13)15(2)10-12-6-5-9-17-12/h3-9H,10H2,1-2H3. The van der Waals surface area contributed by atoms with Crippen molar-refractivity contribution in [2.45, 2.75) is 13.5 Å². The van der Waals surface area contributed by atoms with Crippen LogP contribution in [0, 0.1) is 0 Å². The molecule has 0 atom stereocenters. The maximum absolute atomic E-state index is 11.5. The zero-order chi connectivity index (χ0) is 12.3. The Balaban J connectivity index is 2.24. The van der Waals surface area contributed by atoms with Gasteiger partial charge in [0, 0.05) is 23.2 Å². The number of Topliss-reactive ketones (excluding diaryl/α,β-unsaturated/α-hetero) is 1. The normalized spacial score (nSPS) is 10.2. The van der Waals surface area contributed by atoms with Crippen molar-refractivity contribution < 1.29 is 4.79 Å². The van der Waals surface area contributed by atoms with E-state index in [4.69, 9.17) is 0 Å². The summed E-state index contributed by atoms with van der Waals surface area (Å²) in [6.07, 6.45) is 0. The SMILES string of the molecule is CC(=O)c1ccccc1N(C)Cc1cccs1. The lowest BCUT2D eigenvalue weighted by Gasteiger charge is -2.20. The van der Waals surface area contributed by atoms with Crippen molar-refractivity contribution in [1.82, 2.24) is 0 Å². The van der Waals surface area contributed by atoms with Crippen molar-refractivity contribution in [3.05, 3.63) is 52.2 Å². The Morgan fingerprint density at radius 1 is 1.24 bits per heavy atom. The van der Waals surface area contributed by atoms with Gasteiger partial charge in [-0.15, -0.1) is 11.3 Å². The molecule has 0 unspecified atom stereocenters. The van der Waals surface area contributed by atoms with E-state index in [1.165, 1.54) is 4.88 Å². The van der Waals surface area contributed by atoms with Crippen LogP contribution in [0.4, 0.5) is 5.69 Å². The van der Waals surface area contributed by atoms with Crippen LogP contribution in [-0.4, -0.2) is 12.8 Å². The minimum atomic E-state index is 0.110. The summed E-state index contributed by atoms with van der Waals surface area (Å²) in [5.41, 5.74) is 1.78. The highest BCUT2D eigenvalue weighted by molar-refractivity contribution is 7.09. The fourth-order valence-corrected chi connectivity index (χ4v) is 2.58. The van der Waals surface area contributed by atoms with Crippen molar-refractivity contribution in [1.29, 1.82) is 0 Å². The van der Waals surface area contributed by atoms with Crippen molar-refractivity contribution >= 4 is 22.8 Å². The third-order valence-electron chi connectivity index (χ3n) is 2.67. The predicted molar refractivity (Wildman–Crippen MR) is 72.9 cm³/mol. The molecule has 3 heteroatoms. The molecule has 0 spiro atoms. The monoisotopic (exact) mass is 245 g/mol. The average Bonchev–Trinajstić information content (AvgIpc) is 2.81. The summed E-state index contributed by atoms with van der Waals surface area (Å²) in [6.45, 7) is 2.44. The minimum absolute atomic E-state index is 0.110. The molecule has 0 aliphatic carbocycles. The predicted octanol–water partition coefficient (Wildman–Crippen LogP) is 3.59. The number of para-hydroxylation sites is 1. The summed E-state index contributed by atoms with van der Waals surface area (Å²) in [7, 11) is 2.02. The molecule has 88 valence electrons. The summed E-state index contributed by atoms with van der Waals surface area (Å²) in [5.74, 6) is 0.110. The van der Waals surface area contributed by atoms with E-state index < -0.39 is 0 Å². The lowest BCUT2D eigenvalue weighted by atomic mass is 10.1. The summed E-state index contributed by atoms with van der Waals surface area (Å²) < 4.78 is 0. The van der Waals surface area contributed by atoms with E-state index in [9.17, 15) is 4.79 Å². The molecule has 1 aromatic heterocycles. The van der Waals surface area contributed by atoms with Crippen LogP contribution < -0.4 is 4.90 Å². The molecule has 1 heterocycles. The van der Waals surface area contributed by atoms with Crippen molar-refractivity contribution in [2.75, 3.05) is 11.9 Å². The first-order valence-corrected chi connectivity index (χ1v) is 6.40. The summed E-state index contributed by atoms with van der Waals surface area (Å²) >= 11 is 1.73. The smallest absolute Gasteiger partial charge is 0.161 e. The largest absolute Gasteiger partial charge is 0.369 e. The van der Waals surface area contributed by atoms with Crippen molar-refractivity contribution in [3.63, 3.8) is 0 Å². The molecule has 0 fully saturated rings. The second-order valence-corrected chi connectivity index (χ2v) is 5.04. The van der Waals surface area contributed by atoms with Crippen LogP contribution >= 0.6 is 11.3 Å². The molecular weight excluding hydrogens is 230 g/mol. The van der Waals surface area contributed by atoms with E-state index in [0.717, 1.165) is 17.8 Å². The Bertz CT molecular complexity index is 505. The second kappa shape index (κ2) is 5.15. The van der Waals surface area contributed by atoms with E-state index >= 15 is 0 Å². The molecule has 0 bridgehead atoms. The zero-order valence-corrected chi connectivity index (χ0v) is 10.8. The number of thiophene rings is 1. The Morgan fingerprint density at radius 2 is 2.00 bits per heavy atom. The van der Waals surface area contributed by atoms with E-state index in [-0.39, 0.29) is 5.78 Å². The fraction of sp³-hybridized carbons (Fsp3) is 0.214. The molecule has 2 nitrogen and oxygen atoms in total. The highest BCUT2D eigenvalue weighted by atomic mass is 32.1. The van der Waals surface area contributed by atoms with Crippen molar-refractivity contribution in [3.8, 4) is 0 Å². The molecule has 0 aliphatic rings. The van der Waals surface area contributed by atoms with Gasteiger partial charge in [0.2, 0.25) is 0 Å². The van der Waals surface area contributed by atoms with Gasteiger partial charge in [0.25, 0.3) is 0 Å². The Labute approximate surface area is 106 Å². The Kier molecular flexibility index (Phi) is 3.59. The summed E-state index contributed by atoms with van der Waals surface area (Å²) in [4.78, 5) is 15.0. The van der Waals surface area contributed by atoms with Gasteiger partial charge in [-0.2, -0.15) is 0 Å². The number of carbonyl (C=O) groups excluding carboxylic acids is 1. The number of benzene rings is 1. The quantitative estimate of drug-likeness (QED) is 0.767. The second-order valence-electron chi connectivity index (χ2n) is 4.01. The molecule has 0 amide bonds. The molecule has 0 N–H and O–H groups in total. The van der Waals surface area contributed by atoms with E-state index in [2.05, 4.69) is 16.3 Å². The van der Waals surface area contributed by atoms with Gasteiger partial charge < -0.3 is 4.90 Å². The topological polar surface area (TPSA) is 20.3 Å². The number of rotatable bonds is 4. The minimum Gasteiger partial charge on any atom is -0.369 e. The molecule has 1 aromatic carbocycles. The number of anilines is 1. The molecule has 17 heavy (non-hydrogen) atoms. The zero-order valence-electron chi connectivity index (χ0n) is 10.0. The van der Waals surface area contributed by atoms with Gasteiger partial charge >= 0.3 is 0 Å². The Hall–Kier alpha value is -1.61. The number of nitrogens with zero attached hydrogens (tertiary/aromatic N) is 1. The van der Waals surface area contributed by atoms with Crippen LogP contribution in [0.15, 0.2) is 41.8 Å². The third-order valence-corrected chi connectivity index (χ3v) is 3.53. The van der Waals surface area contributed by atoms with Crippen LogP contribution in [-0.2, 0) is 6.54 Å². The number of ketones is 1. The van der Waals surface area contributed by atoms with Gasteiger partial charge in [-0.05, 0) is 30.5 Å². The number of carbonyl (C=O) groups is 1. The van der Waals surface area contributed by atoms with Gasteiger partial charge in [0.1, 0.15) is 0 Å². The fourth-order valence-electron chi connectivity index (χ4n) is 1.83. The van der Waals surface area contributed by atoms with Gasteiger partial charge in [0.15, 0.2) is 5.78 Å². The highest BCUT2D eigenvalue weighted by Gasteiger charge is 2.10. The highest BCUT2D eigenvalue weighted by Crippen LogP contribution is 2.22. The van der Waals surface area contributed by atoms with Gasteiger partial charge in [-0.1, -0.05) is 18.2 Å². The van der Waals surface area contributed by atoms with Gasteiger partial charge in [0.05, 0.1) is 6.54 Å². The maximum atomic E-state index is 11.5. The van der Waals surface area contributed by atoms with Crippen molar-refractivity contribution in [2.24, 2.45) is 0 Å². The molecule has 0 aliphatic heterocycles. The van der Waals surface area contributed by atoms with Crippen LogP contribution in [0.3, 0.4) is 0 Å². The molecule has 0 radical (unpaired) electrons. The molecule has 2 aromatic rings. The maximum Gasteiger partial charge on any atom is 0.161 e. The lowest BCUT2D eigenvalue weighted by Crippen LogP contribution is -2.18. The molecule has 2 rings (SSSR count). The summed E-state index contributed by atoms with van der Waals surface area (Å²) in [5, 5.41) is 2.07. The molecule has 0 saturated carbocycles. The van der Waals surface area contributed by atoms with Crippen LogP contribution in [0.5, 0.6) is 0 Å². The average molecular weight is 245 g/mol. The summed E-state index contributed by atoms with van der Waals surface area (Å²) in [6, 6.07) is 11.9. The molecule has 0 saturated heterocycles. The van der Waals surface area contributed by atoms with Gasteiger partial charge in [-0.25, -0.2) is 0 Å². The lowest BCUT2D eigenvalue weighted by molar-refractivity contribution is 0.101. The first-order chi connectivity index (χ1) is 8.18. The van der Waals surface area contributed by atoms with Crippen LogP contribution in [0.25, 0.3) is 0 Å². The Morgan fingerprint density at radius 3 is 2.65 bits per heavy atom.